The highest BCUT2D eigenvalue weighted by molar-refractivity contribution is 5.64. The molecule has 0 fully saturated rings. The van der Waals surface area contributed by atoms with Gasteiger partial charge in [0.2, 0.25) is 0 Å². The number of fused-ring (bicyclic) bond motifs is 1. The molecule has 1 aliphatic heterocycles. The first-order valence-corrected chi connectivity index (χ1v) is 6.06. The van der Waals surface area contributed by atoms with Crippen LogP contribution in [0.1, 0.15) is 38.8 Å². The second-order valence-corrected chi connectivity index (χ2v) is 5.40. The molecule has 1 heterocycles. The van der Waals surface area contributed by atoms with Crippen molar-refractivity contribution in [1.82, 2.24) is 0 Å². The summed E-state index contributed by atoms with van der Waals surface area (Å²) in [5.41, 5.74) is 3.99. The smallest absolute Gasteiger partial charge is 0.146 e. The lowest BCUT2D eigenvalue weighted by atomic mass is 9.84. The van der Waals surface area contributed by atoms with Crippen LogP contribution in [-0.2, 0) is 11.8 Å². The van der Waals surface area contributed by atoms with Crippen LogP contribution in [0.4, 0.5) is 5.69 Å². The van der Waals surface area contributed by atoms with Gasteiger partial charge in [-0.15, -0.1) is 0 Å². The minimum atomic E-state index is 0.133. The predicted octanol–water partition coefficient (Wildman–Crippen LogP) is 3.35. The molecule has 1 aromatic rings. The number of nitrogens with one attached hydrogen (secondary N) is 1. The van der Waals surface area contributed by atoms with E-state index in [2.05, 4.69) is 45.1 Å². The van der Waals surface area contributed by atoms with E-state index in [9.17, 15) is 0 Å². The van der Waals surface area contributed by atoms with Crippen molar-refractivity contribution < 1.29 is 4.74 Å². The van der Waals surface area contributed by atoms with E-state index in [4.69, 9.17) is 4.74 Å². The summed E-state index contributed by atoms with van der Waals surface area (Å²) < 4.78 is 5.82. The van der Waals surface area contributed by atoms with E-state index in [0.29, 0.717) is 0 Å². The Kier molecular flexibility index (Phi) is 2.83. The Labute approximate surface area is 98.0 Å². The zero-order chi connectivity index (χ0) is 11.8. The summed E-state index contributed by atoms with van der Waals surface area (Å²) in [6.07, 6.45) is 1.07. The van der Waals surface area contributed by atoms with E-state index in [-0.39, 0.29) is 5.41 Å². The quantitative estimate of drug-likeness (QED) is 0.782. The fourth-order valence-corrected chi connectivity index (χ4v) is 2.08. The molecule has 1 N–H and O–H groups in total. The summed E-state index contributed by atoms with van der Waals surface area (Å²) in [4.78, 5) is 0. The first-order valence-electron chi connectivity index (χ1n) is 6.06. The lowest BCUT2D eigenvalue weighted by Crippen LogP contribution is -2.23. The van der Waals surface area contributed by atoms with Crippen molar-refractivity contribution in [2.75, 3.05) is 18.5 Å². The summed E-state index contributed by atoms with van der Waals surface area (Å²) in [5, 5.41) is 3.42. The highest BCUT2D eigenvalue weighted by atomic mass is 16.5. The molecule has 0 saturated heterocycles. The Morgan fingerprint density at radius 1 is 1.31 bits per heavy atom. The van der Waals surface area contributed by atoms with Gasteiger partial charge in [0.15, 0.2) is 0 Å². The molecule has 0 saturated carbocycles. The number of rotatable bonds is 1. The summed E-state index contributed by atoms with van der Waals surface area (Å²) in [5.74, 6) is 1.05. The van der Waals surface area contributed by atoms with Gasteiger partial charge in [-0.2, -0.15) is 0 Å². The standard InChI is InChI=1S/C14H21NO/c1-5-10-8-11(14(2,3)4)13-12(9-10)15-6-7-16-13/h8-9,15H,5-7H2,1-4H3. The van der Waals surface area contributed by atoms with Crippen LogP contribution in [0.15, 0.2) is 12.1 Å². The van der Waals surface area contributed by atoms with Crippen LogP contribution in [0.3, 0.4) is 0 Å². The Morgan fingerprint density at radius 2 is 2.06 bits per heavy atom. The predicted molar refractivity (Wildman–Crippen MR) is 68.5 cm³/mol. The summed E-state index contributed by atoms with van der Waals surface area (Å²) in [7, 11) is 0. The molecule has 88 valence electrons. The summed E-state index contributed by atoms with van der Waals surface area (Å²) >= 11 is 0. The largest absolute Gasteiger partial charge is 0.489 e. The number of ether oxygens (including phenoxy) is 1. The third-order valence-electron chi connectivity index (χ3n) is 3.03. The van der Waals surface area contributed by atoms with E-state index in [1.165, 1.54) is 11.1 Å². The van der Waals surface area contributed by atoms with Gasteiger partial charge in [0.05, 0.1) is 5.69 Å². The first-order chi connectivity index (χ1) is 7.52. The third-order valence-corrected chi connectivity index (χ3v) is 3.03. The highest BCUT2D eigenvalue weighted by Crippen LogP contribution is 2.39. The van der Waals surface area contributed by atoms with E-state index >= 15 is 0 Å². The Morgan fingerprint density at radius 3 is 2.69 bits per heavy atom. The van der Waals surface area contributed by atoms with Crippen LogP contribution in [0.5, 0.6) is 5.75 Å². The molecule has 0 bridgehead atoms. The number of aryl methyl sites for hydroxylation is 1. The molecule has 1 aromatic carbocycles. The maximum absolute atomic E-state index is 5.82. The van der Waals surface area contributed by atoms with Gasteiger partial charge in [0.25, 0.3) is 0 Å². The van der Waals surface area contributed by atoms with Crippen molar-refractivity contribution in [3.05, 3.63) is 23.3 Å². The van der Waals surface area contributed by atoms with Crippen molar-refractivity contribution in [2.24, 2.45) is 0 Å². The molecule has 0 aliphatic carbocycles. The van der Waals surface area contributed by atoms with Gasteiger partial charge < -0.3 is 10.1 Å². The van der Waals surface area contributed by atoms with Crippen molar-refractivity contribution in [1.29, 1.82) is 0 Å². The van der Waals surface area contributed by atoms with Crippen molar-refractivity contribution >= 4 is 5.69 Å². The van der Waals surface area contributed by atoms with E-state index in [0.717, 1.165) is 31.0 Å². The zero-order valence-corrected chi connectivity index (χ0v) is 10.7. The molecule has 0 aromatic heterocycles. The molecule has 0 spiro atoms. The Hall–Kier alpha value is -1.18. The maximum atomic E-state index is 5.82. The molecule has 0 radical (unpaired) electrons. The number of benzene rings is 1. The van der Waals surface area contributed by atoms with Crippen molar-refractivity contribution in [3.63, 3.8) is 0 Å². The normalized spacial score (nSPS) is 15.0. The molecule has 0 unspecified atom stereocenters. The summed E-state index contributed by atoms with van der Waals surface area (Å²) in [6, 6.07) is 4.50. The molecule has 2 nitrogen and oxygen atoms in total. The molecule has 2 rings (SSSR count). The van der Waals surface area contributed by atoms with E-state index in [1.54, 1.807) is 0 Å². The van der Waals surface area contributed by atoms with Crippen LogP contribution in [0.25, 0.3) is 0 Å². The monoisotopic (exact) mass is 219 g/mol. The number of anilines is 1. The Bertz CT molecular complexity index is 390. The molecule has 16 heavy (non-hydrogen) atoms. The van der Waals surface area contributed by atoms with Crippen LogP contribution >= 0.6 is 0 Å². The topological polar surface area (TPSA) is 21.3 Å². The minimum absolute atomic E-state index is 0.133. The minimum Gasteiger partial charge on any atom is -0.489 e. The second-order valence-electron chi connectivity index (χ2n) is 5.40. The fraction of sp³-hybridized carbons (Fsp3) is 0.571. The molecular weight excluding hydrogens is 198 g/mol. The Balaban J connectivity index is 2.56. The van der Waals surface area contributed by atoms with Crippen LogP contribution < -0.4 is 10.1 Å². The lowest BCUT2D eigenvalue weighted by Gasteiger charge is -2.29. The van der Waals surface area contributed by atoms with Gasteiger partial charge in [0, 0.05) is 12.1 Å². The molecular formula is C14H21NO. The SMILES string of the molecule is CCc1cc2c(c(C(C)(C)C)c1)OCCN2. The van der Waals surface area contributed by atoms with Gasteiger partial charge in [-0.25, -0.2) is 0 Å². The van der Waals surface area contributed by atoms with Crippen molar-refractivity contribution in [3.8, 4) is 5.75 Å². The maximum Gasteiger partial charge on any atom is 0.146 e. The summed E-state index contributed by atoms with van der Waals surface area (Å²) in [6.45, 7) is 10.6. The molecule has 1 aliphatic rings. The third kappa shape index (κ3) is 2.01. The molecule has 0 atom stereocenters. The zero-order valence-electron chi connectivity index (χ0n) is 10.7. The van der Waals surface area contributed by atoms with Crippen LogP contribution in [0.2, 0.25) is 0 Å². The molecule has 0 amide bonds. The molecule has 2 heteroatoms. The van der Waals surface area contributed by atoms with Gasteiger partial charge in [-0.05, 0) is 23.5 Å². The lowest BCUT2D eigenvalue weighted by molar-refractivity contribution is 0.313. The first kappa shape index (κ1) is 11.3. The van der Waals surface area contributed by atoms with E-state index < -0.39 is 0 Å². The second kappa shape index (κ2) is 4.00. The van der Waals surface area contributed by atoms with Gasteiger partial charge in [-0.3, -0.25) is 0 Å². The number of hydrogen-bond acceptors (Lipinski definition) is 2. The fourth-order valence-electron chi connectivity index (χ4n) is 2.08. The van der Waals surface area contributed by atoms with Crippen molar-refractivity contribution in [2.45, 2.75) is 39.5 Å². The number of hydrogen-bond donors (Lipinski definition) is 1. The van der Waals surface area contributed by atoms with Crippen LogP contribution in [0, 0.1) is 0 Å². The van der Waals surface area contributed by atoms with Gasteiger partial charge in [0.1, 0.15) is 12.4 Å². The van der Waals surface area contributed by atoms with Gasteiger partial charge >= 0.3 is 0 Å². The average Bonchev–Trinajstić information content (AvgIpc) is 2.26. The highest BCUT2D eigenvalue weighted by Gasteiger charge is 2.24. The van der Waals surface area contributed by atoms with E-state index in [1.807, 2.05) is 0 Å². The van der Waals surface area contributed by atoms with Gasteiger partial charge in [-0.1, -0.05) is 33.8 Å². The average molecular weight is 219 g/mol. The van der Waals surface area contributed by atoms with Crippen LogP contribution in [-0.4, -0.2) is 13.2 Å².